The molecule has 0 saturated carbocycles. The van der Waals surface area contributed by atoms with E-state index >= 15 is 0 Å². The molecule has 2 heterocycles. The summed E-state index contributed by atoms with van der Waals surface area (Å²) in [6.07, 6.45) is 5.10. The highest BCUT2D eigenvalue weighted by Gasteiger charge is 2.30. The van der Waals surface area contributed by atoms with Crippen molar-refractivity contribution in [1.82, 2.24) is 10.6 Å². The molecule has 0 radical (unpaired) electrons. The topological polar surface area (TPSA) is 45.7 Å². The average Bonchev–Trinajstić information content (AvgIpc) is 3.12. The van der Waals surface area contributed by atoms with Gasteiger partial charge in [0.25, 0.3) is 0 Å². The van der Waals surface area contributed by atoms with Crippen molar-refractivity contribution in [2.24, 2.45) is 10.9 Å². The summed E-state index contributed by atoms with van der Waals surface area (Å²) in [6, 6.07) is 10.6. The van der Waals surface area contributed by atoms with Gasteiger partial charge in [0, 0.05) is 30.4 Å². The summed E-state index contributed by atoms with van der Waals surface area (Å²) in [5, 5.41) is 6.99. The number of benzene rings is 1. The molecule has 3 rings (SSSR count). The van der Waals surface area contributed by atoms with Crippen LogP contribution in [0.2, 0.25) is 0 Å². The molecule has 4 nitrogen and oxygen atoms in total. The van der Waals surface area contributed by atoms with Gasteiger partial charge >= 0.3 is 0 Å². The Morgan fingerprint density at radius 3 is 2.78 bits per heavy atom. The number of thioether (sulfide) groups is 1. The van der Waals surface area contributed by atoms with Crippen molar-refractivity contribution in [1.29, 1.82) is 0 Å². The molecule has 0 aliphatic carbocycles. The van der Waals surface area contributed by atoms with Crippen LogP contribution in [0, 0.1) is 5.92 Å². The van der Waals surface area contributed by atoms with Crippen molar-refractivity contribution in [3.05, 3.63) is 35.9 Å². The molecule has 0 aromatic heterocycles. The molecule has 3 atom stereocenters. The van der Waals surface area contributed by atoms with E-state index in [0.29, 0.717) is 10.7 Å². The second-order valence-electron chi connectivity index (χ2n) is 7.58. The molecule has 6 heteroatoms. The highest BCUT2D eigenvalue weighted by molar-refractivity contribution is 14.0. The minimum Gasteiger partial charge on any atom is -0.373 e. The zero-order valence-electron chi connectivity index (χ0n) is 16.6. The van der Waals surface area contributed by atoms with Gasteiger partial charge < -0.3 is 15.4 Å². The van der Waals surface area contributed by atoms with Crippen molar-refractivity contribution in [3.63, 3.8) is 0 Å². The van der Waals surface area contributed by atoms with E-state index in [4.69, 9.17) is 9.73 Å². The molecule has 152 valence electrons. The normalized spacial score (nSPS) is 28.4. The van der Waals surface area contributed by atoms with E-state index < -0.39 is 0 Å². The quantitative estimate of drug-likeness (QED) is 0.338. The number of hydrogen-bond donors (Lipinski definition) is 2. The van der Waals surface area contributed by atoms with Gasteiger partial charge in [-0.15, -0.1) is 24.0 Å². The Kier molecular flexibility index (Phi) is 9.73. The fourth-order valence-electron chi connectivity index (χ4n) is 3.84. The van der Waals surface area contributed by atoms with Crippen LogP contribution in [0.5, 0.6) is 0 Å². The lowest BCUT2D eigenvalue weighted by molar-refractivity contribution is -0.0265. The van der Waals surface area contributed by atoms with E-state index in [9.17, 15) is 0 Å². The molecule has 2 aliphatic heterocycles. The van der Waals surface area contributed by atoms with Gasteiger partial charge in [-0.25, -0.2) is 0 Å². The van der Waals surface area contributed by atoms with Gasteiger partial charge in [-0.05, 0) is 50.8 Å². The third-order valence-electron chi connectivity index (χ3n) is 5.32. The summed E-state index contributed by atoms with van der Waals surface area (Å²) in [4.78, 5) is 4.88. The maximum Gasteiger partial charge on any atom is 0.191 e. The molecule has 1 aromatic rings. The fraction of sp³-hybridized carbons (Fsp3) is 0.667. The molecular formula is C21H34IN3OS. The lowest BCUT2D eigenvalue weighted by Crippen LogP contribution is -2.42. The lowest BCUT2D eigenvalue weighted by atomic mass is 9.89. The fourth-order valence-corrected chi connectivity index (χ4v) is 5.07. The number of rotatable bonds is 6. The third kappa shape index (κ3) is 6.82. The van der Waals surface area contributed by atoms with Gasteiger partial charge in [-0.2, -0.15) is 11.8 Å². The molecule has 1 aromatic carbocycles. The largest absolute Gasteiger partial charge is 0.373 e. The van der Waals surface area contributed by atoms with Crippen LogP contribution in [-0.4, -0.2) is 42.7 Å². The molecule has 0 amide bonds. The van der Waals surface area contributed by atoms with Gasteiger partial charge in [0.1, 0.15) is 0 Å². The molecule has 2 saturated heterocycles. The maximum absolute atomic E-state index is 6.12. The first-order valence-electron chi connectivity index (χ1n) is 10.0. The number of halogens is 1. The molecule has 0 spiro atoms. The van der Waals surface area contributed by atoms with E-state index in [1.54, 1.807) is 0 Å². The third-order valence-corrected chi connectivity index (χ3v) is 6.84. The number of nitrogens with zero attached hydrogens (tertiary/aromatic N) is 1. The molecule has 2 aliphatic rings. The van der Waals surface area contributed by atoms with Crippen molar-refractivity contribution in [2.45, 2.75) is 50.4 Å². The number of nitrogens with one attached hydrogen (secondary N) is 2. The molecule has 2 fully saturated rings. The van der Waals surface area contributed by atoms with Crippen molar-refractivity contribution >= 4 is 41.7 Å². The van der Waals surface area contributed by atoms with Crippen LogP contribution in [0.3, 0.4) is 0 Å². The summed E-state index contributed by atoms with van der Waals surface area (Å²) in [7, 11) is 0. The second-order valence-corrected chi connectivity index (χ2v) is 9.26. The Balaban J connectivity index is 0.00000261. The lowest BCUT2D eigenvalue weighted by Gasteiger charge is -2.32. The van der Waals surface area contributed by atoms with Crippen molar-refractivity contribution in [2.75, 3.05) is 32.0 Å². The minimum absolute atomic E-state index is 0. The minimum atomic E-state index is 0. The summed E-state index contributed by atoms with van der Waals surface area (Å²) >= 11 is 2.07. The molecular weight excluding hydrogens is 469 g/mol. The highest BCUT2D eigenvalue weighted by atomic mass is 127. The van der Waals surface area contributed by atoms with Gasteiger partial charge in [0.2, 0.25) is 0 Å². The Labute approximate surface area is 185 Å². The summed E-state index contributed by atoms with van der Waals surface area (Å²) < 4.78 is 6.43. The number of ether oxygens (including phenoxy) is 1. The molecule has 0 bridgehead atoms. The number of guanidine groups is 1. The van der Waals surface area contributed by atoms with Crippen molar-refractivity contribution in [3.8, 4) is 0 Å². The van der Waals surface area contributed by atoms with Crippen LogP contribution in [0.4, 0.5) is 0 Å². The van der Waals surface area contributed by atoms with Crippen molar-refractivity contribution < 1.29 is 4.74 Å². The van der Waals surface area contributed by atoms with Crippen LogP contribution in [0.15, 0.2) is 35.3 Å². The Morgan fingerprint density at radius 2 is 2.07 bits per heavy atom. The van der Waals surface area contributed by atoms with Crippen LogP contribution < -0.4 is 10.6 Å². The molecule has 2 N–H and O–H groups in total. The Hall–Kier alpha value is -0.470. The van der Waals surface area contributed by atoms with Gasteiger partial charge in [-0.1, -0.05) is 30.3 Å². The maximum atomic E-state index is 6.12. The Morgan fingerprint density at radius 1 is 1.26 bits per heavy atom. The zero-order chi connectivity index (χ0) is 18.2. The molecule has 27 heavy (non-hydrogen) atoms. The van der Waals surface area contributed by atoms with E-state index in [1.807, 2.05) is 0 Å². The SMILES string of the molecule is CCNC(=NCC1(C)CCCS1)NCC1CCCOC1c1ccccc1.I. The first-order valence-corrected chi connectivity index (χ1v) is 11.0. The summed E-state index contributed by atoms with van der Waals surface area (Å²) in [5.41, 5.74) is 1.29. The van der Waals surface area contributed by atoms with Crippen LogP contribution in [0.1, 0.15) is 51.2 Å². The summed E-state index contributed by atoms with van der Waals surface area (Å²) in [5.74, 6) is 2.69. The zero-order valence-corrected chi connectivity index (χ0v) is 19.7. The van der Waals surface area contributed by atoms with E-state index in [-0.39, 0.29) is 30.1 Å². The summed E-state index contributed by atoms with van der Waals surface area (Å²) in [6.45, 7) is 8.00. The average molecular weight is 503 g/mol. The monoisotopic (exact) mass is 503 g/mol. The smallest absolute Gasteiger partial charge is 0.191 e. The standard InChI is InChI=1S/C21H33N3OS.HI/c1-3-22-20(24-16-21(2)12-8-14-26-21)23-15-18-11-7-13-25-19(18)17-9-5-4-6-10-17;/h4-6,9-10,18-19H,3,7-8,11-16H2,1-2H3,(H2,22,23,24);1H. The van der Waals surface area contributed by atoms with Crippen LogP contribution in [-0.2, 0) is 4.74 Å². The van der Waals surface area contributed by atoms with Gasteiger partial charge in [0.15, 0.2) is 5.96 Å². The second kappa shape index (κ2) is 11.5. The predicted octanol–water partition coefficient (Wildman–Crippen LogP) is 4.61. The first kappa shape index (κ1) is 22.8. The van der Waals surface area contributed by atoms with Gasteiger partial charge in [0.05, 0.1) is 12.6 Å². The predicted molar refractivity (Wildman–Crippen MR) is 127 cm³/mol. The van der Waals surface area contributed by atoms with E-state index in [2.05, 4.69) is 66.6 Å². The van der Waals surface area contributed by atoms with E-state index in [1.165, 1.54) is 30.6 Å². The molecule has 3 unspecified atom stereocenters. The van der Waals surface area contributed by atoms with Crippen LogP contribution >= 0.6 is 35.7 Å². The number of aliphatic imine (C=N–C) groups is 1. The van der Waals surface area contributed by atoms with Crippen LogP contribution in [0.25, 0.3) is 0 Å². The Bertz CT molecular complexity index is 578. The number of hydrogen-bond acceptors (Lipinski definition) is 3. The van der Waals surface area contributed by atoms with Gasteiger partial charge in [-0.3, -0.25) is 4.99 Å². The first-order chi connectivity index (χ1) is 12.7. The van der Waals surface area contributed by atoms with E-state index in [0.717, 1.165) is 38.6 Å². The highest BCUT2D eigenvalue weighted by Crippen LogP contribution is 2.37.